The Kier molecular flexibility index (Phi) is 12.0. The molecule has 20 heavy (non-hydrogen) atoms. The van der Waals surface area contributed by atoms with E-state index in [1.165, 1.54) is 0 Å². The van der Waals surface area contributed by atoms with Crippen molar-refractivity contribution in [2.45, 2.75) is 51.4 Å². The van der Waals surface area contributed by atoms with Crippen molar-refractivity contribution in [1.82, 2.24) is 0 Å². The fourth-order valence-corrected chi connectivity index (χ4v) is 1.46. The predicted octanol–water partition coefficient (Wildman–Crippen LogP) is 2.24. The van der Waals surface area contributed by atoms with E-state index in [4.69, 9.17) is 20.0 Å². The standard InChI is InChI=1S/C14H20N2O4/c15-9-5-11-19-13(17)7-3-1-2-4-8-14(18)20-12-6-10-16/h1-8,11-12H2. The molecular weight excluding hydrogens is 260 g/mol. The first-order valence-corrected chi connectivity index (χ1v) is 6.76. The van der Waals surface area contributed by atoms with Crippen molar-refractivity contribution in [3.05, 3.63) is 0 Å². The van der Waals surface area contributed by atoms with Gasteiger partial charge in [-0.1, -0.05) is 12.8 Å². The molecule has 0 atom stereocenters. The maximum atomic E-state index is 11.2. The third kappa shape index (κ3) is 12.4. The Balaban J connectivity index is 3.32. The lowest BCUT2D eigenvalue weighted by Crippen LogP contribution is -2.06. The molecule has 0 heterocycles. The minimum Gasteiger partial charge on any atom is -0.465 e. The van der Waals surface area contributed by atoms with Gasteiger partial charge in [0, 0.05) is 12.8 Å². The summed E-state index contributed by atoms with van der Waals surface area (Å²) in [4.78, 5) is 22.3. The summed E-state index contributed by atoms with van der Waals surface area (Å²) >= 11 is 0. The molecule has 0 aromatic rings. The monoisotopic (exact) mass is 280 g/mol. The van der Waals surface area contributed by atoms with Crippen LogP contribution in [-0.4, -0.2) is 25.2 Å². The number of nitrogens with zero attached hydrogens (tertiary/aromatic N) is 2. The van der Waals surface area contributed by atoms with E-state index in [1.807, 2.05) is 12.1 Å². The summed E-state index contributed by atoms with van der Waals surface area (Å²) in [6.07, 6.45) is 4.26. The van der Waals surface area contributed by atoms with E-state index in [9.17, 15) is 9.59 Å². The van der Waals surface area contributed by atoms with Crippen molar-refractivity contribution in [2.75, 3.05) is 13.2 Å². The molecule has 0 aliphatic rings. The van der Waals surface area contributed by atoms with Crippen molar-refractivity contribution < 1.29 is 19.1 Å². The molecule has 110 valence electrons. The van der Waals surface area contributed by atoms with Gasteiger partial charge in [-0.15, -0.1) is 0 Å². The van der Waals surface area contributed by atoms with Gasteiger partial charge in [0.2, 0.25) is 0 Å². The first-order chi connectivity index (χ1) is 9.70. The van der Waals surface area contributed by atoms with E-state index < -0.39 is 0 Å². The van der Waals surface area contributed by atoms with Crippen LogP contribution in [0.5, 0.6) is 0 Å². The summed E-state index contributed by atoms with van der Waals surface area (Å²) in [7, 11) is 0. The highest BCUT2D eigenvalue weighted by molar-refractivity contribution is 5.69. The van der Waals surface area contributed by atoms with E-state index >= 15 is 0 Å². The molecule has 0 unspecified atom stereocenters. The number of hydrogen-bond donors (Lipinski definition) is 0. The molecule has 0 aromatic carbocycles. The molecule has 0 radical (unpaired) electrons. The lowest BCUT2D eigenvalue weighted by molar-refractivity contribution is -0.144. The number of carbonyl (C=O) groups excluding carboxylic acids is 2. The Labute approximate surface area is 119 Å². The number of hydrogen-bond acceptors (Lipinski definition) is 6. The molecule has 0 saturated carbocycles. The average molecular weight is 280 g/mol. The van der Waals surface area contributed by atoms with Crippen LogP contribution in [0.15, 0.2) is 0 Å². The minimum absolute atomic E-state index is 0.157. The molecule has 0 bridgehead atoms. The molecule has 0 aliphatic carbocycles. The van der Waals surface area contributed by atoms with Gasteiger partial charge in [0.25, 0.3) is 0 Å². The summed E-state index contributed by atoms with van der Waals surface area (Å²) in [6, 6.07) is 3.79. The lowest BCUT2D eigenvalue weighted by atomic mass is 10.1. The first-order valence-electron chi connectivity index (χ1n) is 6.76. The smallest absolute Gasteiger partial charge is 0.305 e. The zero-order valence-corrected chi connectivity index (χ0v) is 11.6. The number of nitriles is 2. The molecule has 0 saturated heterocycles. The highest BCUT2D eigenvalue weighted by atomic mass is 16.5. The summed E-state index contributed by atoms with van der Waals surface area (Å²) in [5.41, 5.74) is 0. The normalized spacial score (nSPS) is 9.30. The molecular formula is C14H20N2O4. The van der Waals surface area contributed by atoms with Gasteiger partial charge in [0.05, 0.1) is 25.0 Å². The second-order valence-electron chi connectivity index (χ2n) is 4.17. The Morgan fingerprint density at radius 2 is 1.15 bits per heavy atom. The highest BCUT2D eigenvalue weighted by Crippen LogP contribution is 2.07. The van der Waals surface area contributed by atoms with Crippen LogP contribution in [-0.2, 0) is 19.1 Å². The SMILES string of the molecule is N#CCCOC(=O)CCCCCCC(=O)OCCC#N. The molecule has 0 fully saturated rings. The van der Waals surface area contributed by atoms with Gasteiger partial charge in [-0.05, 0) is 12.8 Å². The fourth-order valence-electron chi connectivity index (χ4n) is 1.46. The van der Waals surface area contributed by atoms with Crippen LogP contribution in [0.1, 0.15) is 51.4 Å². The van der Waals surface area contributed by atoms with Crippen molar-refractivity contribution in [1.29, 1.82) is 10.5 Å². The van der Waals surface area contributed by atoms with E-state index in [-0.39, 0.29) is 38.0 Å². The quantitative estimate of drug-likeness (QED) is 0.425. The Bertz CT molecular complexity index is 332. The molecule has 0 rings (SSSR count). The molecule has 0 N–H and O–H groups in total. The predicted molar refractivity (Wildman–Crippen MR) is 70.1 cm³/mol. The van der Waals surface area contributed by atoms with Crippen LogP contribution in [0.25, 0.3) is 0 Å². The number of carbonyl (C=O) groups is 2. The van der Waals surface area contributed by atoms with Crippen molar-refractivity contribution in [2.24, 2.45) is 0 Å². The van der Waals surface area contributed by atoms with Crippen LogP contribution in [0.4, 0.5) is 0 Å². The number of unbranched alkanes of at least 4 members (excludes halogenated alkanes) is 3. The van der Waals surface area contributed by atoms with Crippen LogP contribution in [0.2, 0.25) is 0 Å². The molecule has 6 heteroatoms. The Morgan fingerprint density at radius 1 is 0.750 bits per heavy atom. The van der Waals surface area contributed by atoms with E-state index in [0.717, 1.165) is 25.7 Å². The van der Waals surface area contributed by atoms with Gasteiger partial charge in [-0.2, -0.15) is 10.5 Å². The van der Waals surface area contributed by atoms with E-state index in [1.54, 1.807) is 0 Å². The third-order valence-corrected chi connectivity index (χ3v) is 2.47. The summed E-state index contributed by atoms with van der Waals surface area (Å²) in [6.45, 7) is 0.313. The zero-order valence-electron chi connectivity index (χ0n) is 11.6. The third-order valence-electron chi connectivity index (χ3n) is 2.47. The van der Waals surface area contributed by atoms with Crippen LogP contribution < -0.4 is 0 Å². The summed E-state index contributed by atoms with van der Waals surface area (Å²) in [5, 5.41) is 16.5. The van der Waals surface area contributed by atoms with Gasteiger partial charge in [-0.25, -0.2) is 0 Å². The number of esters is 2. The first kappa shape index (κ1) is 17.9. The van der Waals surface area contributed by atoms with Crippen LogP contribution in [0.3, 0.4) is 0 Å². The van der Waals surface area contributed by atoms with Crippen LogP contribution in [0, 0.1) is 22.7 Å². The van der Waals surface area contributed by atoms with Crippen molar-refractivity contribution in [3.63, 3.8) is 0 Å². The van der Waals surface area contributed by atoms with E-state index in [2.05, 4.69) is 0 Å². The molecule has 6 nitrogen and oxygen atoms in total. The second kappa shape index (κ2) is 13.4. The molecule has 0 spiro atoms. The zero-order chi connectivity index (χ0) is 15.1. The lowest BCUT2D eigenvalue weighted by Gasteiger charge is -2.03. The van der Waals surface area contributed by atoms with Crippen LogP contribution >= 0.6 is 0 Å². The highest BCUT2D eigenvalue weighted by Gasteiger charge is 2.04. The minimum atomic E-state index is -0.281. The maximum Gasteiger partial charge on any atom is 0.305 e. The Morgan fingerprint density at radius 3 is 1.50 bits per heavy atom. The van der Waals surface area contributed by atoms with Gasteiger partial charge in [0.1, 0.15) is 13.2 Å². The van der Waals surface area contributed by atoms with Gasteiger partial charge in [0.15, 0.2) is 0 Å². The van der Waals surface area contributed by atoms with Crippen molar-refractivity contribution in [3.8, 4) is 12.1 Å². The topological polar surface area (TPSA) is 100 Å². The van der Waals surface area contributed by atoms with Gasteiger partial charge in [-0.3, -0.25) is 9.59 Å². The summed E-state index contributed by atoms with van der Waals surface area (Å²) in [5.74, 6) is -0.563. The largest absolute Gasteiger partial charge is 0.465 e. The molecule has 0 aliphatic heterocycles. The Hall–Kier alpha value is -2.08. The number of ether oxygens (including phenoxy) is 2. The van der Waals surface area contributed by atoms with Gasteiger partial charge < -0.3 is 9.47 Å². The number of rotatable bonds is 11. The molecule has 0 amide bonds. The fraction of sp³-hybridized carbons (Fsp3) is 0.714. The second-order valence-corrected chi connectivity index (χ2v) is 4.17. The summed E-state index contributed by atoms with van der Waals surface area (Å²) < 4.78 is 9.64. The average Bonchev–Trinajstić information content (AvgIpc) is 2.43. The molecule has 0 aromatic heterocycles. The maximum absolute atomic E-state index is 11.2. The van der Waals surface area contributed by atoms with Crippen molar-refractivity contribution >= 4 is 11.9 Å². The van der Waals surface area contributed by atoms with Gasteiger partial charge >= 0.3 is 11.9 Å². The van der Waals surface area contributed by atoms with E-state index in [0.29, 0.717) is 12.8 Å².